The number of Topliss-reactive ketones (excluding diaryl/α,β-unsaturated/α-hetero) is 2. The maximum Gasteiger partial charge on any atom is 0.223 e. The molecule has 2 aromatic rings. The molecule has 32 heavy (non-hydrogen) atoms. The molecule has 0 aliphatic carbocycles. The molecule has 0 bridgehead atoms. The molecule has 0 unspecified atom stereocenters. The van der Waals surface area contributed by atoms with Crippen molar-refractivity contribution in [2.45, 2.75) is 37.7 Å². The van der Waals surface area contributed by atoms with Gasteiger partial charge >= 0.3 is 0 Å². The van der Waals surface area contributed by atoms with Gasteiger partial charge in [-0.3, -0.25) is 14.4 Å². The van der Waals surface area contributed by atoms with Gasteiger partial charge in [0.1, 0.15) is 17.1 Å². The molecule has 0 atom stereocenters. The molecule has 2 heterocycles. The van der Waals surface area contributed by atoms with Crippen LogP contribution in [0, 0.1) is 0 Å². The smallest absolute Gasteiger partial charge is 0.223 e. The molecule has 0 radical (unpaired) electrons. The molecule has 0 N–H and O–H groups in total. The van der Waals surface area contributed by atoms with Crippen LogP contribution < -0.4 is 9.47 Å². The highest BCUT2D eigenvalue weighted by Gasteiger charge is 2.44. The maximum atomic E-state index is 12.7. The summed E-state index contributed by atoms with van der Waals surface area (Å²) in [5.41, 5.74) is 0.293. The second-order valence-electron chi connectivity index (χ2n) is 8.18. The van der Waals surface area contributed by atoms with Crippen molar-refractivity contribution >= 4 is 40.7 Å². The number of carbonyl (C=O) groups is 3. The Bertz CT molecular complexity index is 1060. The van der Waals surface area contributed by atoms with Crippen LogP contribution in [0.25, 0.3) is 0 Å². The summed E-state index contributed by atoms with van der Waals surface area (Å²) in [5.74, 6) is 0.836. The molecule has 8 heteroatoms. The monoisotopic (exact) mass is 475 g/mol. The zero-order valence-corrected chi connectivity index (χ0v) is 19.2. The van der Waals surface area contributed by atoms with Crippen molar-refractivity contribution in [2.75, 3.05) is 20.2 Å². The van der Waals surface area contributed by atoms with E-state index < -0.39 is 5.60 Å². The number of likely N-dealkylation sites (tertiary alicyclic amines) is 1. The Balaban J connectivity index is 1.33. The zero-order valence-electron chi connectivity index (χ0n) is 17.7. The minimum absolute atomic E-state index is 0.0551. The number of hydrogen-bond acceptors (Lipinski definition) is 5. The van der Waals surface area contributed by atoms with Crippen molar-refractivity contribution < 1.29 is 23.9 Å². The number of piperidine rings is 1. The number of hydrogen-bond donors (Lipinski definition) is 0. The zero-order chi connectivity index (χ0) is 22.9. The predicted molar refractivity (Wildman–Crippen MR) is 121 cm³/mol. The van der Waals surface area contributed by atoms with E-state index in [1.165, 1.54) is 0 Å². The maximum absolute atomic E-state index is 12.7. The molecule has 0 aromatic heterocycles. The summed E-state index contributed by atoms with van der Waals surface area (Å²) in [7, 11) is 1.56. The van der Waals surface area contributed by atoms with Gasteiger partial charge in [-0.05, 0) is 36.4 Å². The van der Waals surface area contributed by atoms with Crippen molar-refractivity contribution in [3.8, 4) is 11.5 Å². The van der Waals surface area contributed by atoms with Crippen LogP contribution in [0.3, 0.4) is 0 Å². The Hall–Kier alpha value is -2.57. The molecule has 4 rings (SSSR count). The normalized spacial score (nSPS) is 17.0. The summed E-state index contributed by atoms with van der Waals surface area (Å²) in [6.45, 7) is 0.923. The van der Waals surface area contributed by atoms with Gasteiger partial charge in [0.15, 0.2) is 11.6 Å². The summed E-state index contributed by atoms with van der Waals surface area (Å²) in [6.07, 6.45) is 1.57. The first-order valence-electron chi connectivity index (χ1n) is 10.5. The van der Waals surface area contributed by atoms with E-state index in [-0.39, 0.29) is 36.7 Å². The summed E-state index contributed by atoms with van der Waals surface area (Å²) < 4.78 is 11.3. The van der Waals surface area contributed by atoms with E-state index in [9.17, 15) is 14.4 Å². The molecule has 1 spiro atoms. The Kier molecular flexibility index (Phi) is 6.45. The van der Waals surface area contributed by atoms with E-state index in [2.05, 4.69) is 0 Å². The van der Waals surface area contributed by atoms with Gasteiger partial charge in [0.25, 0.3) is 0 Å². The van der Waals surface area contributed by atoms with E-state index in [0.29, 0.717) is 58.6 Å². The van der Waals surface area contributed by atoms with Crippen molar-refractivity contribution in [1.29, 1.82) is 0 Å². The summed E-state index contributed by atoms with van der Waals surface area (Å²) in [6, 6.07) is 9.99. The topological polar surface area (TPSA) is 72.9 Å². The Labute approximate surface area is 196 Å². The van der Waals surface area contributed by atoms with Crippen molar-refractivity contribution in [3.05, 3.63) is 57.6 Å². The molecule has 0 saturated carbocycles. The van der Waals surface area contributed by atoms with Crippen LogP contribution in [0.5, 0.6) is 11.5 Å². The van der Waals surface area contributed by atoms with Crippen molar-refractivity contribution in [1.82, 2.24) is 4.90 Å². The highest BCUT2D eigenvalue weighted by atomic mass is 35.5. The third kappa shape index (κ3) is 4.62. The van der Waals surface area contributed by atoms with Gasteiger partial charge in [0, 0.05) is 49.4 Å². The largest absolute Gasteiger partial charge is 0.497 e. The molecule has 2 aliphatic rings. The van der Waals surface area contributed by atoms with Crippen molar-refractivity contribution in [3.63, 3.8) is 0 Å². The van der Waals surface area contributed by atoms with Gasteiger partial charge in [-0.15, -0.1) is 0 Å². The fraction of sp³-hybridized carbons (Fsp3) is 0.375. The highest BCUT2D eigenvalue weighted by Crippen LogP contribution is 2.44. The Morgan fingerprint density at radius 2 is 1.78 bits per heavy atom. The van der Waals surface area contributed by atoms with Crippen LogP contribution in [-0.4, -0.2) is 48.2 Å². The van der Waals surface area contributed by atoms with Crippen molar-refractivity contribution in [2.24, 2.45) is 0 Å². The lowest BCUT2D eigenvalue weighted by molar-refractivity contribution is -0.134. The second-order valence-corrected chi connectivity index (χ2v) is 9.03. The SMILES string of the molecule is COc1ccc(C(=O)CCC(=O)N2CCC3(CC2)CC(=O)c2cc(Cl)cc(Cl)c2O3)cc1. The number of rotatable bonds is 5. The summed E-state index contributed by atoms with van der Waals surface area (Å²) in [4.78, 5) is 39.5. The fourth-order valence-corrected chi connectivity index (χ4v) is 4.79. The molecule has 168 valence electrons. The van der Waals surface area contributed by atoms with Crippen LogP contribution in [0.15, 0.2) is 36.4 Å². The van der Waals surface area contributed by atoms with Crippen LogP contribution in [-0.2, 0) is 4.79 Å². The van der Waals surface area contributed by atoms with E-state index in [0.717, 1.165) is 0 Å². The number of carbonyl (C=O) groups excluding carboxylic acids is 3. The molecule has 2 aromatic carbocycles. The van der Waals surface area contributed by atoms with Crippen LogP contribution in [0.4, 0.5) is 0 Å². The summed E-state index contributed by atoms with van der Waals surface area (Å²) in [5, 5.41) is 0.710. The number of ether oxygens (including phenoxy) is 2. The number of fused-ring (bicyclic) bond motifs is 1. The number of halogens is 2. The first kappa shape index (κ1) is 22.6. The van der Waals surface area contributed by atoms with Gasteiger partial charge < -0.3 is 14.4 Å². The minimum atomic E-state index is -0.669. The van der Waals surface area contributed by atoms with Crippen LogP contribution in [0.1, 0.15) is 52.8 Å². The molecule has 1 saturated heterocycles. The second kappa shape index (κ2) is 9.12. The van der Waals surface area contributed by atoms with Gasteiger partial charge in [0.05, 0.1) is 24.1 Å². The van der Waals surface area contributed by atoms with Gasteiger partial charge in [-0.25, -0.2) is 0 Å². The Morgan fingerprint density at radius 1 is 1.09 bits per heavy atom. The highest BCUT2D eigenvalue weighted by molar-refractivity contribution is 6.36. The average molecular weight is 476 g/mol. The van der Waals surface area contributed by atoms with Crippen LogP contribution >= 0.6 is 23.2 Å². The standard InChI is InChI=1S/C24H23Cl2NO5/c1-31-17-4-2-15(3-5-17)20(28)6-7-22(30)27-10-8-24(9-11-27)14-21(29)18-12-16(25)13-19(26)23(18)32-24/h2-5,12-13H,6-11,14H2,1H3. The van der Waals surface area contributed by atoms with E-state index in [4.69, 9.17) is 32.7 Å². The number of benzene rings is 2. The molecule has 1 fully saturated rings. The summed E-state index contributed by atoms with van der Waals surface area (Å²) >= 11 is 12.3. The molecule has 6 nitrogen and oxygen atoms in total. The van der Waals surface area contributed by atoms with Crippen LogP contribution in [0.2, 0.25) is 10.0 Å². The molecular weight excluding hydrogens is 453 g/mol. The lowest BCUT2D eigenvalue weighted by atomic mass is 9.82. The van der Waals surface area contributed by atoms with Gasteiger partial charge in [0.2, 0.25) is 5.91 Å². The van der Waals surface area contributed by atoms with Gasteiger partial charge in [-0.2, -0.15) is 0 Å². The number of ketones is 2. The molecular formula is C24H23Cl2NO5. The van der Waals surface area contributed by atoms with Gasteiger partial charge in [-0.1, -0.05) is 23.2 Å². The number of nitrogens with zero attached hydrogens (tertiary/aromatic N) is 1. The third-order valence-electron chi connectivity index (χ3n) is 6.12. The quantitative estimate of drug-likeness (QED) is 0.569. The lowest BCUT2D eigenvalue weighted by Crippen LogP contribution is -2.52. The predicted octanol–water partition coefficient (Wildman–Crippen LogP) is 4.99. The first-order chi connectivity index (χ1) is 15.3. The van der Waals surface area contributed by atoms with E-state index >= 15 is 0 Å². The third-order valence-corrected chi connectivity index (χ3v) is 6.61. The Morgan fingerprint density at radius 3 is 2.44 bits per heavy atom. The fourth-order valence-electron chi connectivity index (χ4n) is 4.25. The average Bonchev–Trinajstić information content (AvgIpc) is 2.79. The molecule has 1 amide bonds. The molecule has 2 aliphatic heterocycles. The minimum Gasteiger partial charge on any atom is -0.497 e. The van der Waals surface area contributed by atoms with E-state index in [1.54, 1.807) is 48.4 Å². The number of methoxy groups -OCH3 is 1. The lowest BCUT2D eigenvalue weighted by Gasteiger charge is -2.44. The first-order valence-corrected chi connectivity index (χ1v) is 11.2. The number of amides is 1. The van der Waals surface area contributed by atoms with E-state index in [1.807, 2.05) is 0 Å².